The van der Waals surface area contributed by atoms with Gasteiger partial charge in [0.2, 0.25) is 5.82 Å². The Hall–Kier alpha value is -3.95. The molecule has 1 unspecified atom stereocenters. The smallest absolute Gasteiger partial charge is 0.329 e. The largest absolute Gasteiger partial charge is 0.471 e. The maximum atomic E-state index is 15.0. The third-order valence-corrected chi connectivity index (χ3v) is 5.72. The number of benzene rings is 3. The van der Waals surface area contributed by atoms with Gasteiger partial charge in [0, 0.05) is 16.8 Å². The average molecular weight is 487 g/mol. The summed E-state index contributed by atoms with van der Waals surface area (Å²) in [5, 5.41) is 3.34. The Bertz CT molecular complexity index is 1410. The quantitative estimate of drug-likeness (QED) is 0.287. The summed E-state index contributed by atoms with van der Waals surface area (Å²) in [7, 11) is 0. The van der Waals surface area contributed by atoms with E-state index in [1.165, 1.54) is 24.3 Å². The van der Waals surface area contributed by atoms with Gasteiger partial charge in [0.1, 0.15) is 17.5 Å². The Balaban J connectivity index is 1.37. The minimum atomic E-state index is -4.74. The van der Waals surface area contributed by atoms with Crippen LogP contribution in [0.25, 0.3) is 22.5 Å². The normalized spacial score (nSPS) is 15.9. The molecular formula is C25H15F6N3O. The summed E-state index contributed by atoms with van der Waals surface area (Å²) in [6.07, 6.45) is -4.01. The lowest BCUT2D eigenvalue weighted by Gasteiger charge is -2.11. The van der Waals surface area contributed by atoms with Crippen LogP contribution >= 0.6 is 0 Å². The second-order valence-corrected chi connectivity index (χ2v) is 7.96. The number of alkyl halides is 3. The minimum absolute atomic E-state index is 0.184. The molecule has 10 heteroatoms. The van der Waals surface area contributed by atoms with E-state index in [9.17, 15) is 26.3 Å². The maximum absolute atomic E-state index is 15.0. The van der Waals surface area contributed by atoms with Gasteiger partial charge in [0.25, 0.3) is 0 Å². The Morgan fingerprint density at radius 2 is 1.46 bits per heavy atom. The van der Waals surface area contributed by atoms with Crippen LogP contribution in [0.4, 0.5) is 26.3 Å². The molecular weight excluding hydrogens is 472 g/mol. The fourth-order valence-corrected chi connectivity index (χ4v) is 4.02. The van der Waals surface area contributed by atoms with Gasteiger partial charge in [-0.25, -0.2) is 13.2 Å². The van der Waals surface area contributed by atoms with Gasteiger partial charge in [-0.15, -0.1) is 0 Å². The highest BCUT2D eigenvalue weighted by atomic mass is 19.4. The summed E-state index contributed by atoms with van der Waals surface area (Å²) in [5.41, 5.74) is 1.84. The fraction of sp³-hybridized carbons (Fsp3) is 0.160. The van der Waals surface area contributed by atoms with Gasteiger partial charge in [-0.05, 0) is 42.2 Å². The molecule has 0 amide bonds. The zero-order valence-corrected chi connectivity index (χ0v) is 17.8. The number of aliphatic imine (C=N–C) groups is 1. The number of hydrogen-bond acceptors (Lipinski definition) is 4. The highest BCUT2D eigenvalue weighted by molar-refractivity contribution is 6.02. The lowest BCUT2D eigenvalue weighted by molar-refractivity contribution is -0.159. The van der Waals surface area contributed by atoms with Crippen LogP contribution in [0, 0.1) is 17.5 Å². The molecule has 0 bridgehead atoms. The van der Waals surface area contributed by atoms with Crippen LogP contribution in [0.1, 0.15) is 35.9 Å². The number of halogens is 6. The van der Waals surface area contributed by atoms with Gasteiger partial charge in [0.05, 0.1) is 11.6 Å². The summed E-state index contributed by atoms with van der Waals surface area (Å²) < 4.78 is 85.3. The van der Waals surface area contributed by atoms with E-state index in [1.54, 1.807) is 24.3 Å². The van der Waals surface area contributed by atoms with Crippen LogP contribution in [-0.4, -0.2) is 15.9 Å². The summed E-state index contributed by atoms with van der Waals surface area (Å²) in [6.45, 7) is 0. The van der Waals surface area contributed by atoms with Crippen molar-refractivity contribution >= 4 is 5.71 Å². The zero-order chi connectivity index (χ0) is 24.7. The van der Waals surface area contributed by atoms with E-state index < -0.39 is 35.6 Å². The van der Waals surface area contributed by atoms with E-state index in [0.717, 1.165) is 12.1 Å². The number of nitrogens with zero attached hydrogens (tertiary/aromatic N) is 3. The molecule has 4 nitrogen and oxygen atoms in total. The van der Waals surface area contributed by atoms with E-state index in [0.29, 0.717) is 35.1 Å². The van der Waals surface area contributed by atoms with E-state index >= 15 is 0 Å². The molecule has 0 radical (unpaired) electrons. The van der Waals surface area contributed by atoms with Crippen molar-refractivity contribution in [1.82, 2.24) is 10.1 Å². The lowest BCUT2D eigenvalue weighted by atomic mass is 9.98. The third kappa shape index (κ3) is 4.43. The molecule has 4 aromatic rings. The minimum Gasteiger partial charge on any atom is -0.329 e. The molecule has 1 aliphatic rings. The van der Waals surface area contributed by atoms with Gasteiger partial charge in [-0.3, -0.25) is 4.99 Å². The summed E-state index contributed by atoms with van der Waals surface area (Å²) in [4.78, 5) is 7.71. The van der Waals surface area contributed by atoms with Crippen molar-refractivity contribution < 1.29 is 30.9 Å². The number of rotatable bonds is 4. The van der Waals surface area contributed by atoms with Crippen molar-refractivity contribution in [2.24, 2.45) is 4.99 Å². The van der Waals surface area contributed by atoms with Gasteiger partial charge in [-0.2, -0.15) is 18.2 Å². The first-order chi connectivity index (χ1) is 16.7. The topological polar surface area (TPSA) is 51.3 Å². The van der Waals surface area contributed by atoms with Crippen LogP contribution in [0.5, 0.6) is 0 Å². The van der Waals surface area contributed by atoms with Crippen molar-refractivity contribution in [3.8, 4) is 22.5 Å². The van der Waals surface area contributed by atoms with Crippen molar-refractivity contribution in [2.45, 2.75) is 25.1 Å². The molecule has 0 spiro atoms. The molecule has 0 saturated carbocycles. The summed E-state index contributed by atoms with van der Waals surface area (Å²) >= 11 is 0. The summed E-state index contributed by atoms with van der Waals surface area (Å²) in [6, 6.07) is 13.8. The van der Waals surface area contributed by atoms with Crippen molar-refractivity contribution in [3.63, 3.8) is 0 Å². The number of hydrogen-bond donors (Lipinski definition) is 0. The molecule has 0 N–H and O–H groups in total. The zero-order valence-electron chi connectivity index (χ0n) is 17.8. The first-order valence-corrected chi connectivity index (χ1v) is 10.5. The van der Waals surface area contributed by atoms with Crippen molar-refractivity contribution in [1.29, 1.82) is 0 Å². The van der Waals surface area contributed by atoms with Crippen molar-refractivity contribution in [2.75, 3.05) is 0 Å². The molecule has 2 heterocycles. The van der Waals surface area contributed by atoms with Crippen LogP contribution in [-0.2, 0) is 6.18 Å². The molecule has 1 atom stereocenters. The molecule has 0 fully saturated rings. The second-order valence-electron chi connectivity index (χ2n) is 7.96. The Morgan fingerprint density at radius 3 is 2.09 bits per heavy atom. The Kier molecular flexibility index (Phi) is 5.66. The molecule has 0 saturated heterocycles. The van der Waals surface area contributed by atoms with E-state index in [1.807, 2.05) is 0 Å². The Labute approximate surface area is 194 Å². The van der Waals surface area contributed by atoms with Crippen molar-refractivity contribution in [3.05, 3.63) is 95.1 Å². The molecule has 35 heavy (non-hydrogen) atoms. The van der Waals surface area contributed by atoms with E-state index in [4.69, 9.17) is 0 Å². The van der Waals surface area contributed by atoms with Crippen LogP contribution in [0.2, 0.25) is 0 Å². The molecule has 1 aliphatic heterocycles. The molecule has 1 aromatic heterocycles. The second kappa shape index (κ2) is 8.68. The Morgan fingerprint density at radius 1 is 0.800 bits per heavy atom. The third-order valence-electron chi connectivity index (χ3n) is 5.72. The first-order valence-electron chi connectivity index (χ1n) is 10.5. The monoisotopic (exact) mass is 487 g/mol. The van der Waals surface area contributed by atoms with Gasteiger partial charge in [-0.1, -0.05) is 47.6 Å². The number of aromatic nitrogens is 2. The van der Waals surface area contributed by atoms with Gasteiger partial charge in [0.15, 0.2) is 0 Å². The highest BCUT2D eigenvalue weighted by Gasteiger charge is 2.38. The van der Waals surface area contributed by atoms with Gasteiger partial charge >= 0.3 is 12.1 Å². The highest BCUT2D eigenvalue weighted by Crippen LogP contribution is 2.35. The predicted molar refractivity (Wildman–Crippen MR) is 115 cm³/mol. The fourth-order valence-electron chi connectivity index (χ4n) is 4.02. The van der Waals surface area contributed by atoms with Crippen LogP contribution in [0.3, 0.4) is 0 Å². The van der Waals surface area contributed by atoms with E-state index in [2.05, 4.69) is 19.7 Å². The molecule has 0 aliphatic carbocycles. The molecule has 5 rings (SSSR count). The maximum Gasteiger partial charge on any atom is 0.471 e. The average Bonchev–Trinajstić information content (AvgIpc) is 3.50. The summed E-state index contributed by atoms with van der Waals surface area (Å²) in [5.74, 6) is -3.60. The van der Waals surface area contributed by atoms with Gasteiger partial charge < -0.3 is 4.52 Å². The van der Waals surface area contributed by atoms with Crippen LogP contribution in [0.15, 0.2) is 70.2 Å². The standard InChI is InChI=1S/C25H15F6N3O/c26-17-2-1-3-18(27)22(17)21-11-10-20(32-21)16-9-8-15(12-19(16)28)13-4-6-14(7-5-13)23-33-24(35-34-23)25(29,30)31/h1-9,12,20H,10-11H2. The molecule has 3 aromatic carbocycles. The lowest BCUT2D eigenvalue weighted by Crippen LogP contribution is -2.04. The SMILES string of the molecule is Fc1cc(-c2ccc(-c3noc(C(F)(F)F)n3)cc2)ccc1C1CCC(c2c(F)cccc2F)=N1. The molecule has 178 valence electrons. The predicted octanol–water partition coefficient (Wildman–Crippen LogP) is 7.16. The first kappa shape index (κ1) is 22.8. The van der Waals surface area contributed by atoms with E-state index in [-0.39, 0.29) is 17.1 Å². The van der Waals surface area contributed by atoms with Crippen LogP contribution < -0.4 is 0 Å².